The highest BCUT2D eigenvalue weighted by Gasteiger charge is 2.25. The lowest BCUT2D eigenvalue weighted by Crippen LogP contribution is -2.21. The van der Waals surface area contributed by atoms with Gasteiger partial charge in [-0.15, -0.1) is 11.3 Å². The average Bonchev–Trinajstić information content (AvgIpc) is 3.21. The number of nitrogens with one attached hydrogen (secondary N) is 1. The van der Waals surface area contributed by atoms with Crippen molar-refractivity contribution in [1.29, 1.82) is 0 Å². The molecule has 0 unspecified atom stereocenters. The lowest BCUT2D eigenvalue weighted by atomic mass is 10.1. The first-order valence-electron chi connectivity index (χ1n) is 7.67. The van der Waals surface area contributed by atoms with E-state index in [-0.39, 0.29) is 28.7 Å². The largest absolute Gasteiger partial charge is 0.462 e. The van der Waals surface area contributed by atoms with Gasteiger partial charge in [-0.1, -0.05) is 0 Å². The van der Waals surface area contributed by atoms with Gasteiger partial charge in [0.2, 0.25) is 5.76 Å². The van der Waals surface area contributed by atoms with Crippen molar-refractivity contribution in [1.82, 2.24) is 0 Å². The number of hydrogen-bond acceptors (Lipinski definition) is 8. The van der Waals surface area contributed by atoms with E-state index >= 15 is 0 Å². The summed E-state index contributed by atoms with van der Waals surface area (Å²) >= 11 is 0.967. The van der Waals surface area contributed by atoms with Crippen LogP contribution in [0.4, 0.5) is 5.00 Å². The Labute approximate surface area is 153 Å². The molecule has 0 fully saturated rings. The summed E-state index contributed by atoms with van der Waals surface area (Å²) in [6, 6.07) is 2.92. The van der Waals surface area contributed by atoms with Crippen molar-refractivity contribution >= 4 is 40.0 Å². The van der Waals surface area contributed by atoms with Crippen LogP contribution in [-0.4, -0.2) is 36.8 Å². The maximum Gasteiger partial charge on any atom is 0.374 e. The predicted octanol–water partition coefficient (Wildman–Crippen LogP) is 2.82. The molecule has 1 amide bonds. The van der Waals surface area contributed by atoms with E-state index in [0.717, 1.165) is 11.3 Å². The molecule has 0 bridgehead atoms. The van der Waals surface area contributed by atoms with E-state index in [1.54, 1.807) is 13.8 Å². The zero-order chi connectivity index (χ0) is 19.3. The molecule has 0 aliphatic rings. The van der Waals surface area contributed by atoms with Gasteiger partial charge >= 0.3 is 11.9 Å². The van der Waals surface area contributed by atoms with Gasteiger partial charge in [0.05, 0.1) is 23.3 Å². The number of thiophene rings is 1. The summed E-state index contributed by atoms with van der Waals surface area (Å²) in [5.41, 5.74) is 0.552. The number of esters is 2. The van der Waals surface area contributed by atoms with Crippen LogP contribution in [0.1, 0.15) is 50.0 Å². The Hall–Kier alpha value is -2.94. The molecule has 0 aliphatic carbocycles. The molecule has 2 aromatic rings. The molecule has 1 N–H and O–H groups in total. The fraction of sp³-hybridized carbons (Fsp3) is 0.294. The minimum absolute atomic E-state index is 0.0316. The molecule has 8 nitrogen and oxygen atoms in total. The number of carbonyl (C=O) groups is 4. The van der Waals surface area contributed by atoms with Crippen LogP contribution in [-0.2, 0) is 14.3 Å². The fourth-order valence-electron chi connectivity index (χ4n) is 2.15. The van der Waals surface area contributed by atoms with Gasteiger partial charge in [-0.05, 0) is 38.5 Å². The van der Waals surface area contributed by atoms with Crippen molar-refractivity contribution in [2.75, 3.05) is 18.5 Å². The number of Topliss-reactive ketones (excluding diaryl/α,β-unsaturated/α-hetero) is 1. The van der Waals surface area contributed by atoms with Crippen molar-refractivity contribution in [2.45, 2.75) is 20.8 Å². The molecule has 2 heterocycles. The first kappa shape index (κ1) is 19.4. The van der Waals surface area contributed by atoms with Gasteiger partial charge < -0.3 is 19.2 Å². The third kappa shape index (κ3) is 4.37. The molecule has 0 saturated heterocycles. The number of ketones is 1. The Morgan fingerprint density at radius 2 is 1.92 bits per heavy atom. The number of amides is 1. The molecular formula is C17H17NO7S. The van der Waals surface area contributed by atoms with Crippen LogP contribution >= 0.6 is 11.3 Å². The molecule has 0 radical (unpaired) electrons. The van der Waals surface area contributed by atoms with Crippen molar-refractivity contribution in [3.63, 3.8) is 0 Å². The van der Waals surface area contributed by atoms with Crippen LogP contribution in [0.3, 0.4) is 0 Å². The summed E-state index contributed by atoms with van der Waals surface area (Å²) in [5, 5.41) is 2.66. The number of carbonyl (C=O) groups excluding carboxylic acids is 4. The summed E-state index contributed by atoms with van der Waals surface area (Å²) in [5.74, 6) is -2.36. The molecule has 0 aromatic carbocycles. The quantitative estimate of drug-likeness (QED) is 0.581. The first-order valence-corrected chi connectivity index (χ1v) is 8.48. The zero-order valence-corrected chi connectivity index (χ0v) is 15.2. The van der Waals surface area contributed by atoms with E-state index in [4.69, 9.17) is 13.9 Å². The number of anilines is 1. The number of hydrogen-bond donors (Lipinski definition) is 1. The Kier molecular flexibility index (Phi) is 6.29. The van der Waals surface area contributed by atoms with Crippen LogP contribution in [0.2, 0.25) is 0 Å². The standard InChI is InChI=1S/C17H17NO7S/c1-4-23-17(22)13-9(2)14(10(3)19)26-15(13)18-12(20)8-25-16(21)11-6-5-7-24-11/h5-7H,4,8H2,1-3H3,(H,18,20). The van der Waals surface area contributed by atoms with E-state index < -0.39 is 24.5 Å². The Balaban J connectivity index is 2.13. The summed E-state index contributed by atoms with van der Waals surface area (Å²) in [4.78, 5) is 47.9. The SMILES string of the molecule is CCOC(=O)c1c(NC(=O)COC(=O)c2ccco2)sc(C(C)=O)c1C. The highest BCUT2D eigenvalue weighted by atomic mass is 32.1. The maximum absolute atomic E-state index is 12.1. The molecule has 2 aromatic heterocycles. The van der Waals surface area contributed by atoms with Crippen molar-refractivity contribution in [3.05, 3.63) is 40.2 Å². The molecule has 9 heteroatoms. The van der Waals surface area contributed by atoms with Crippen molar-refractivity contribution in [3.8, 4) is 0 Å². The minimum Gasteiger partial charge on any atom is -0.462 e. The molecule has 0 aliphatic heterocycles. The minimum atomic E-state index is -0.789. The molecular weight excluding hydrogens is 362 g/mol. The smallest absolute Gasteiger partial charge is 0.374 e. The van der Waals surface area contributed by atoms with Crippen LogP contribution in [0.5, 0.6) is 0 Å². The monoisotopic (exact) mass is 379 g/mol. The molecule has 138 valence electrons. The third-order valence-corrected chi connectivity index (χ3v) is 4.56. The topological polar surface area (TPSA) is 112 Å². The van der Waals surface area contributed by atoms with E-state index in [9.17, 15) is 19.2 Å². The van der Waals surface area contributed by atoms with Gasteiger partial charge in [-0.3, -0.25) is 9.59 Å². The molecule has 0 atom stereocenters. The van der Waals surface area contributed by atoms with Crippen LogP contribution in [0.25, 0.3) is 0 Å². The van der Waals surface area contributed by atoms with E-state index in [0.29, 0.717) is 10.4 Å². The molecule has 0 spiro atoms. The Morgan fingerprint density at radius 3 is 2.50 bits per heavy atom. The zero-order valence-electron chi connectivity index (χ0n) is 14.4. The molecule has 2 rings (SSSR count). The first-order chi connectivity index (χ1) is 12.3. The highest BCUT2D eigenvalue weighted by Crippen LogP contribution is 2.34. The predicted molar refractivity (Wildman–Crippen MR) is 92.6 cm³/mol. The normalized spacial score (nSPS) is 10.3. The van der Waals surface area contributed by atoms with Crippen LogP contribution in [0.15, 0.2) is 22.8 Å². The second kappa shape index (κ2) is 8.43. The van der Waals surface area contributed by atoms with Crippen molar-refractivity contribution in [2.24, 2.45) is 0 Å². The lowest BCUT2D eigenvalue weighted by molar-refractivity contribution is -0.119. The Morgan fingerprint density at radius 1 is 1.19 bits per heavy atom. The summed E-state index contributed by atoms with van der Waals surface area (Å²) < 4.78 is 14.7. The van der Waals surface area contributed by atoms with Gasteiger partial charge in [0.1, 0.15) is 5.00 Å². The fourth-order valence-corrected chi connectivity index (χ4v) is 3.25. The van der Waals surface area contributed by atoms with Gasteiger partial charge in [0.25, 0.3) is 5.91 Å². The highest BCUT2D eigenvalue weighted by molar-refractivity contribution is 7.18. The average molecular weight is 379 g/mol. The summed E-state index contributed by atoms with van der Waals surface area (Å²) in [6.45, 7) is 4.19. The van der Waals surface area contributed by atoms with Crippen molar-refractivity contribution < 1.29 is 33.1 Å². The maximum atomic E-state index is 12.1. The van der Waals surface area contributed by atoms with Crippen LogP contribution < -0.4 is 5.32 Å². The summed E-state index contributed by atoms with van der Waals surface area (Å²) in [6.07, 6.45) is 1.31. The molecule has 0 saturated carbocycles. The lowest BCUT2D eigenvalue weighted by Gasteiger charge is -2.07. The second-order valence-corrected chi connectivity index (χ2v) is 6.16. The Bertz CT molecular complexity index is 836. The van der Waals surface area contributed by atoms with Gasteiger partial charge in [0.15, 0.2) is 12.4 Å². The third-order valence-electron chi connectivity index (χ3n) is 3.26. The van der Waals surface area contributed by atoms with E-state index in [1.165, 1.54) is 25.3 Å². The van der Waals surface area contributed by atoms with E-state index in [2.05, 4.69) is 5.32 Å². The number of rotatable bonds is 7. The number of ether oxygens (including phenoxy) is 2. The number of furan rings is 1. The van der Waals surface area contributed by atoms with Gasteiger partial charge in [0, 0.05) is 0 Å². The van der Waals surface area contributed by atoms with E-state index in [1.807, 2.05) is 0 Å². The molecule has 26 heavy (non-hydrogen) atoms. The van der Waals surface area contributed by atoms with Gasteiger partial charge in [-0.2, -0.15) is 0 Å². The summed E-state index contributed by atoms with van der Waals surface area (Å²) in [7, 11) is 0. The second-order valence-electron chi connectivity index (χ2n) is 5.14. The van der Waals surface area contributed by atoms with Gasteiger partial charge in [-0.25, -0.2) is 9.59 Å². The van der Waals surface area contributed by atoms with Crippen LogP contribution in [0, 0.1) is 6.92 Å².